The van der Waals surface area contributed by atoms with Crippen LogP contribution in [0.3, 0.4) is 0 Å². The molecule has 1 saturated heterocycles. The van der Waals surface area contributed by atoms with Gasteiger partial charge in [-0.25, -0.2) is 0 Å². The molecule has 1 spiro atoms. The lowest BCUT2D eigenvalue weighted by atomic mass is 10.1. The summed E-state index contributed by atoms with van der Waals surface area (Å²) in [4.78, 5) is 8.89. The maximum absolute atomic E-state index is 12.5. The summed E-state index contributed by atoms with van der Waals surface area (Å²) in [5, 5.41) is 9.52. The van der Waals surface area contributed by atoms with Crippen LogP contribution in [0.15, 0.2) is 47.6 Å². The largest absolute Gasteiger partial charge is 0.446 e. The molecule has 4 nitrogen and oxygen atoms in total. The van der Waals surface area contributed by atoms with Gasteiger partial charge in [-0.05, 0) is 60.5 Å². The lowest BCUT2D eigenvalue weighted by molar-refractivity contribution is -0.0328. The molecule has 0 atom stereocenters. The average molecular weight is 395 g/mol. The number of hydrogen-bond acceptors (Lipinski definition) is 5. The minimum absolute atomic E-state index is 0.0357. The topological polar surface area (TPSA) is 39.6 Å². The van der Waals surface area contributed by atoms with Crippen LogP contribution in [0, 0.1) is 0 Å². The standard InChI is InChI=1S/C19H20F3N3OS/c20-19(21,22)27-17-3-1-16(2-4-17)24-12-18(6-7-18)25(13-24)10-14-5-8-23-9-15(14)11-26/h1-5,8-9,26H,6-7,10-13H2. The third-order valence-electron chi connectivity index (χ3n) is 5.30. The quantitative estimate of drug-likeness (QED) is 0.775. The van der Waals surface area contributed by atoms with Crippen molar-refractivity contribution in [2.45, 2.75) is 41.9 Å². The zero-order valence-corrected chi connectivity index (χ0v) is 15.4. The molecule has 1 aliphatic carbocycles. The van der Waals surface area contributed by atoms with Crippen molar-refractivity contribution in [3.63, 3.8) is 0 Å². The van der Waals surface area contributed by atoms with Crippen molar-refractivity contribution in [2.75, 3.05) is 18.1 Å². The summed E-state index contributed by atoms with van der Waals surface area (Å²) < 4.78 is 37.5. The third-order valence-corrected chi connectivity index (χ3v) is 6.04. The molecule has 1 aromatic carbocycles. The first-order valence-corrected chi connectivity index (χ1v) is 9.59. The van der Waals surface area contributed by atoms with Crippen molar-refractivity contribution in [2.24, 2.45) is 0 Å². The van der Waals surface area contributed by atoms with Crippen molar-refractivity contribution in [3.05, 3.63) is 53.9 Å². The summed E-state index contributed by atoms with van der Waals surface area (Å²) >= 11 is -0.0880. The molecule has 8 heteroatoms. The summed E-state index contributed by atoms with van der Waals surface area (Å²) in [7, 11) is 0. The van der Waals surface area contributed by atoms with Crippen LogP contribution in [0.1, 0.15) is 24.0 Å². The fourth-order valence-electron chi connectivity index (χ4n) is 3.69. The van der Waals surface area contributed by atoms with E-state index < -0.39 is 5.51 Å². The SMILES string of the molecule is OCc1cnccc1CN1CN(c2ccc(SC(F)(F)F)cc2)CC12CC2. The first kappa shape index (κ1) is 18.6. The van der Waals surface area contributed by atoms with E-state index in [1.165, 1.54) is 12.1 Å². The Bertz CT molecular complexity index is 809. The zero-order valence-electron chi connectivity index (χ0n) is 14.6. The van der Waals surface area contributed by atoms with Crippen molar-refractivity contribution >= 4 is 17.4 Å². The highest BCUT2D eigenvalue weighted by Crippen LogP contribution is 2.48. The Morgan fingerprint density at radius 2 is 1.85 bits per heavy atom. The number of nitrogens with zero attached hydrogens (tertiary/aromatic N) is 3. The fourth-order valence-corrected chi connectivity index (χ4v) is 4.23. The number of halogens is 3. The first-order chi connectivity index (χ1) is 12.9. The highest BCUT2D eigenvalue weighted by atomic mass is 32.2. The highest BCUT2D eigenvalue weighted by Gasteiger charge is 2.53. The van der Waals surface area contributed by atoms with Crippen molar-refractivity contribution in [1.29, 1.82) is 0 Å². The van der Waals surface area contributed by atoms with Gasteiger partial charge in [-0.2, -0.15) is 13.2 Å². The van der Waals surface area contributed by atoms with Gasteiger partial charge in [0, 0.05) is 47.2 Å². The number of alkyl halides is 3. The molecule has 1 aromatic heterocycles. The Morgan fingerprint density at radius 1 is 1.11 bits per heavy atom. The number of thioether (sulfide) groups is 1. The van der Waals surface area contributed by atoms with E-state index >= 15 is 0 Å². The molecule has 0 radical (unpaired) electrons. The van der Waals surface area contributed by atoms with E-state index in [4.69, 9.17) is 0 Å². The first-order valence-electron chi connectivity index (χ1n) is 8.77. The van der Waals surface area contributed by atoms with Crippen molar-refractivity contribution in [3.8, 4) is 0 Å². The molecule has 2 heterocycles. The number of rotatable bonds is 5. The lowest BCUT2D eigenvalue weighted by Crippen LogP contribution is -2.32. The lowest BCUT2D eigenvalue weighted by Gasteiger charge is -2.23. The summed E-state index contributed by atoms with van der Waals surface area (Å²) in [6.45, 7) is 2.29. The number of aliphatic hydroxyl groups excluding tert-OH is 1. The van der Waals surface area contributed by atoms with Gasteiger partial charge in [-0.3, -0.25) is 9.88 Å². The van der Waals surface area contributed by atoms with Crippen LogP contribution in [0.4, 0.5) is 18.9 Å². The van der Waals surface area contributed by atoms with Crippen LogP contribution in [0.2, 0.25) is 0 Å². The van der Waals surface area contributed by atoms with E-state index in [1.807, 2.05) is 6.07 Å². The molecule has 2 aromatic rings. The summed E-state index contributed by atoms with van der Waals surface area (Å²) in [5.41, 5.74) is -1.29. The van der Waals surface area contributed by atoms with Gasteiger partial charge in [0.1, 0.15) is 0 Å². The normalized spacial score (nSPS) is 19.0. The van der Waals surface area contributed by atoms with Crippen LogP contribution >= 0.6 is 11.8 Å². The Kier molecular flexibility index (Phi) is 4.82. The van der Waals surface area contributed by atoms with Crippen LogP contribution in [-0.2, 0) is 13.2 Å². The van der Waals surface area contributed by atoms with E-state index in [0.717, 1.165) is 49.4 Å². The second kappa shape index (κ2) is 7.00. The molecule has 144 valence electrons. The number of benzene rings is 1. The molecule has 27 heavy (non-hydrogen) atoms. The third kappa shape index (κ3) is 4.07. The van der Waals surface area contributed by atoms with Gasteiger partial charge in [-0.15, -0.1) is 0 Å². The molecule has 0 bridgehead atoms. The predicted octanol–water partition coefficient (Wildman–Crippen LogP) is 4.00. The van der Waals surface area contributed by atoms with E-state index in [0.29, 0.717) is 0 Å². The van der Waals surface area contributed by atoms with Crippen LogP contribution in [0.5, 0.6) is 0 Å². The number of aliphatic hydroxyl groups is 1. The second-order valence-electron chi connectivity index (χ2n) is 7.11. The van der Waals surface area contributed by atoms with E-state index in [1.54, 1.807) is 24.5 Å². The van der Waals surface area contributed by atoms with Crippen LogP contribution < -0.4 is 4.90 Å². The van der Waals surface area contributed by atoms with Crippen molar-refractivity contribution < 1.29 is 18.3 Å². The highest BCUT2D eigenvalue weighted by molar-refractivity contribution is 8.00. The van der Waals surface area contributed by atoms with Gasteiger partial charge in [0.05, 0.1) is 13.3 Å². The Morgan fingerprint density at radius 3 is 2.48 bits per heavy atom. The summed E-state index contributed by atoms with van der Waals surface area (Å²) in [5.74, 6) is 0. The van der Waals surface area contributed by atoms with E-state index in [-0.39, 0.29) is 28.8 Å². The number of anilines is 1. The summed E-state index contributed by atoms with van der Waals surface area (Å²) in [6, 6.07) is 8.52. The Labute approximate surface area is 160 Å². The van der Waals surface area contributed by atoms with Gasteiger partial charge in [-0.1, -0.05) is 0 Å². The molecule has 2 fully saturated rings. The van der Waals surface area contributed by atoms with Crippen LogP contribution in [0.25, 0.3) is 0 Å². The minimum atomic E-state index is -4.26. The Hall–Kier alpha value is -1.77. The van der Waals surface area contributed by atoms with E-state index in [9.17, 15) is 18.3 Å². The number of pyridine rings is 1. The number of hydrogen-bond donors (Lipinski definition) is 1. The zero-order chi connectivity index (χ0) is 19.1. The molecular formula is C19H20F3N3OS. The molecule has 0 amide bonds. The monoisotopic (exact) mass is 395 g/mol. The maximum atomic E-state index is 12.5. The van der Waals surface area contributed by atoms with Gasteiger partial charge in [0.15, 0.2) is 0 Å². The van der Waals surface area contributed by atoms with Crippen molar-refractivity contribution in [1.82, 2.24) is 9.88 Å². The maximum Gasteiger partial charge on any atom is 0.446 e. The molecule has 0 unspecified atom stereocenters. The molecule has 1 aliphatic heterocycles. The van der Waals surface area contributed by atoms with Gasteiger partial charge < -0.3 is 10.0 Å². The van der Waals surface area contributed by atoms with Gasteiger partial charge >= 0.3 is 5.51 Å². The predicted molar refractivity (Wildman–Crippen MR) is 98.2 cm³/mol. The summed E-state index contributed by atoms with van der Waals surface area (Å²) in [6.07, 6.45) is 5.66. The fraction of sp³-hybridized carbons (Fsp3) is 0.421. The molecule has 4 rings (SSSR count). The van der Waals surface area contributed by atoms with Crippen LogP contribution in [-0.4, -0.2) is 39.3 Å². The number of aromatic nitrogens is 1. The molecule has 2 aliphatic rings. The average Bonchev–Trinajstić information content (AvgIpc) is 3.32. The van der Waals surface area contributed by atoms with Gasteiger partial charge in [0.2, 0.25) is 0 Å². The minimum Gasteiger partial charge on any atom is -0.392 e. The van der Waals surface area contributed by atoms with Gasteiger partial charge in [0.25, 0.3) is 0 Å². The molecule has 1 N–H and O–H groups in total. The smallest absolute Gasteiger partial charge is 0.392 e. The second-order valence-corrected chi connectivity index (χ2v) is 8.24. The van der Waals surface area contributed by atoms with E-state index in [2.05, 4.69) is 14.8 Å². The molecular weight excluding hydrogens is 375 g/mol. The molecule has 1 saturated carbocycles. The Balaban J connectivity index is 1.47.